The topological polar surface area (TPSA) is 42.6 Å². The fourth-order valence-electron chi connectivity index (χ4n) is 1.35. The second-order valence-electron chi connectivity index (χ2n) is 3.24. The first-order chi connectivity index (χ1) is 7.29. The molecule has 2 aromatic heterocycles. The molecule has 2 rings (SSSR count). The van der Waals surface area contributed by atoms with Crippen molar-refractivity contribution in [2.75, 3.05) is 7.11 Å². The van der Waals surface area contributed by atoms with E-state index in [9.17, 15) is 5.11 Å². The fraction of sp³-hybridized carbons (Fsp3) is 0.273. The lowest BCUT2D eigenvalue weighted by Crippen LogP contribution is -1.98. The van der Waals surface area contributed by atoms with Gasteiger partial charge in [-0.3, -0.25) is 0 Å². The van der Waals surface area contributed by atoms with Gasteiger partial charge in [0, 0.05) is 16.7 Å². The summed E-state index contributed by atoms with van der Waals surface area (Å²) in [7, 11) is 1.62. The number of aliphatic hydroxyl groups is 1. The normalized spacial score (nSPS) is 12.7. The molecule has 0 radical (unpaired) electrons. The van der Waals surface area contributed by atoms with E-state index >= 15 is 0 Å². The smallest absolute Gasteiger partial charge is 0.129 e. The number of furan rings is 1. The van der Waals surface area contributed by atoms with E-state index < -0.39 is 6.10 Å². The maximum atomic E-state index is 9.91. The molecule has 0 spiro atoms. The molecule has 0 aromatic carbocycles. The summed E-state index contributed by atoms with van der Waals surface area (Å²) in [6, 6.07) is 3.71. The van der Waals surface area contributed by atoms with Crippen molar-refractivity contribution in [2.24, 2.45) is 0 Å². The van der Waals surface area contributed by atoms with Gasteiger partial charge in [0.2, 0.25) is 0 Å². The predicted octanol–water partition coefficient (Wildman–Crippen LogP) is 2.63. The van der Waals surface area contributed by atoms with E-state index in [-0.39, 0.29) is 0 Å². The van der Waals surface area contributed by atoms with E-state index in [1.165, 1.54) is 11.3 Å². The number of ether oxygens (including phenoxy) is 1. The van der Waals surface area contributed by atoms with Crippen molar-refractivity contribution < 1.29 is 14.3 Å². The summed E-state index contributed by atoms with van der Waals surface area (Å²) in [6.45, 7) is 0. The number of rotatable bonds is 4. The van der Waals surface area contributed by atoms with Gasteiger partial charge in [-0.1, -0.05) is 0 Å². The third-order valence-corrected chi connectivity index (χ3v) is 3.18. The van der Waals surface area contributed by atoms with Gasteiger partial charge in [-0.25, -0.2) is 0 Å². The molecule has 0 aliphatic carbocycles. The molecular formula is C11H12O3S. The van der Waals surface area contributed by atoms with Gasteiger partial charge < -0.3 is 14.3 Å². The summed E-state index contributed by atoms with van der Waals surface area (Å²) >= 11 is 1.50. The van der Waals surface area contributed by atoms with Crippen molar-refractivity contribution in [2.45, 2.75) is 12.5 Å². The molecule has 3 nitrogen and oxygen atoms in total. The third kappa shape index (κ3) is 2.40. The van der Waals surface area contributed by atoms with Crippen LogP contribution in [0.15, 0.2) is 34.5 Å². The molecule has 0 amide bonds. The number of hydrogen-bond donors (Lipinski definition) is 1. The zero-order valence-corrected chi connectivity index (χ0v) is 9.16. The minimum absolute atomic E-state index is 0.489. The molecule has 15 heavy (non-hydrogen) atoms. The average Bonchev–Trinajstić information content (AvgIpc) is 2.86. The van der Waals surface area contributed by atoms with Crippen LogP contribution in [0.25, 0.3) is 0 Å². The van der Waals surface area contributed by atoms with Crippen molar-refractivity contribution in [1.82, 2.24) is 0 Å². The highest BCUT2D eigenvalue weighted by Crippen LogP contribution is 2.28. The number of thiophene rings is 1. The first-order valence-corrected chi connectivity index (χ1v) is 5.49. The van der Waals surface area contributed by atoms with Gasteiger partial charge in [-0.15, -0.1) is 11.3 Å². The van der Waals surface area contributed by atoms with Gasteiger partial charge in [0.15, 0.2) is 0 Å². The van der Waals surface area contributed by atoms with Crippen LogP contribution >= 0.6 is 11.3 Å². The molecule has 0 saturated heterocycles. The summed E-state index contributed by atoms with van der Waals surface area (Å²) in [6.07, 6.45) is 3.34. The Balaban J connectivity index is 2.04. The van der Waals surface area contributed by atoms with Gasteiger partial charge >= 0.3 is 0 Å². The lowest BCUT2D eigenvalue weighted by atomic mass is 10.1. The standard InChI is InChI=1S/C11H12O3S/c1-13-9-5-11(15-7-9)10(12)4-8-2-3-14-6-8/h2-3,5-7,10,12H,4H2,1H3. The largest absolute Gasteiger partial charge is 0.496 e. The monoisotopic (exact) mass is 224 g/mol. The van der Waals surface area contributed by atoms with E-state index in [0.29, 0.717) is 6.42 Å². The summed E-state index contributed by atoms with van der Waals surface area (Å²) < 4.78 is 10.0. The minimum Gasteiger partial charge on any atom is -0.496 e. The fourth-order valence-corrected chi connectivity index (χ4v) is 2.19. The van der Waals surface area contributed by atoms with Crippen LogP contribution in [0.2, 0.25) is 0 Å². The van der Waals surface area contributed by atoms with Crippen molar-refractivity contribution in [3.8, 4) is 5.75 Å². The minimum atomic E-state index is -0.489. The number of methoxy groups -OCH3 is 1. The van der Waals surface area contributed by atoms with Gasteiger partial charge in [0.05, 0.1) is 25.7 Å². The SMILES string of the molecule is COc1csc(C(O)Cc2ccoc2)c1. The molecule has 0 aliphatic heterocycles. The van der Waals surface area contributed by atoms with E-state index in [2.05, 4.69) is 0 Å². The molecule has 0 aliphatic rings. The van der Waals surface area contributed by atoms with E-state index in [0.717, 1.165) is 16.2 Å². The molecule has 0 saturated carbocycles. The van der Waals surface area contributed by atoms with Crippen LogP contribution in [0, 0.1) is 0 Å². The Morgan fingerprint density at radius 3 is 3.07 bits per heavy atom. The average molecular weight is 224 g/mol. The Hall–Kier alpha value is -1.26. The quantitative estimate of drug-likeness (QED) is 0.868. The van der Waals surface area contributed by atoms with E-state index in [1.54, 1.807) is 19.6 Å². The second kappa shape index (κ2) is 4.51. The van der Waals surface area contributed by atoms with Gasteiger partial charge in [0.1, 0.15) is 5.75 Å². The van der Waals surface area contributed by atoms with Gasteiger partial charge in [0.25, 0.3) is 0 Å². The lowest BCUT2D eigenvalue weighted by Gasteiger charge is -2.05. The first kappa shape index (κ1) is 10.3. The van der Waals surface area contributed by atoms with Gasteiger partial charge in [-0.2, -0.15) is 0 Å². The third-order valence-electron chi connectivity index (χ3n) is 2.17. The zero-order chi connectivity index (χ0) is 10.7. The highest BCUT2D eigenvalue weighted by molar-refractivity contribution is 7.10. The molecule has 1 unspecified atom stereocenters. The van der Waals surface area contributed by atoms with Crippen LogP contribution in [0.4, 0.5) is 0 Å². The Bertz CT molecular complexity index is 405. The summed E-state index contributed by atoms with van der Waals surface area (Å²) in [5.41, 5.74) is 0.995. The van der Waals surface area contributed by atoms with Crippen LogP contribution in [0.5, 0.6) is 5.75 Å². The van der Waals surface area contributed by atoms with Crippen LogP contribution in [0.3, 0.4) is 0 Å². The lowest BCUT2D eigenvalue weighted by molar-refractivity contribution is 0.182. The van der Waals surface area contributed by atoms with Crippen molar-refractivity contribution in [1.29, 1.82) is 0 Å². The van der Waals surface area contributed by atoms with Crippen LogP contribution in [-0.2, 0) is 6.42 Å². The molecule has 0 bridgehead atoms. The molecular weight excluding hydrogens is 212 g/mol. The number of hydrogen-bond acceptors (Lipinski definition) is 4. The van der Waals surface area contributed by atoms with Crippen molar-refractivity contribution in [3.05, 3.63) is 40.5 Å². The molecule has 4 heteroatoms. The van der Waals surface area contributed by atoms with Crippen LogP contribution in [0.1, 0.15) is 16.5 Å². The van der Waals surface area contributed by atoms with Crippen molar-refractivity contribution >= 4 is 11.3 Å². The van der Waals surface area contributed by atoms with Crippen LogP contribution in [-0.4, -0.2) is 12.2 Å². The second-order valence-corrected chi connectivity index (χ2v) is 4.18. The molecule has 1 N–H and O–H groups in total. The Morgan fingerprint density at radius 2 is 2.47 bits per heavy atom. The first-order valence-electron chi connectivity index (χ1n) is 4.61. The molecule has 2 heterocycles. The molecule has 0 fully saturated rings. The van der Waals surface area contributed by atoms with Crippen molar-refractivity contribution in [3.63, 3.8) is 0 Å². The number of aliphatic hydroxyl groups excluding tert-OH is 1. The molecule has 2 aromatic rings. The predicted molar refractivity (Wildman–Crippen MR) is 58.2 cm³/mol. The highest BCUT2D eigenvalue weighted by atomic mass is 32.1. The Labute approximate surface area is 91.9 Å². The summed E-state index contributed by atoms with van der Waals surface area (Å²) in [5, 5.41) is 11.8. The maximum Gasteiger partial charge on any atom is 0.129 e. The molecule has 80 valence electrons. The molecule has 1 atom stereocenters. The van der Waals surface area contributed by atoms with Gasteiger partial charge in [-0.05, 0) is 17.7 Å². The zero-order valence-electron chi connectivity index (χ0n) is 8.34. The summed E-state index contributed by atoms with van der Waals surface area (Å²) in [4.78, 5) is 0.910. The Morgan fingerprint density at radius 1 is 1.60 bits per heavy atom. The Kier molecular flexibility index (Phi) is 3.08. The summed E-state index contributed by atoms with van der Waals surface area (Å²) in [5.74, 6) is 0.793. The van der Waals surface area contributed by atoms with E-state index in [1.807, 2.05) is 17.5 Å². The maximum absolute atomic E-state index is 9.91. The van der Waals surface area contributed by atoms with E-state index in [4.69, 9.17) is 9.15 Å². The highest BCUT2D eigenvalue weighted by Gasteiger charge is 2.12. The van der Waals surface area contributed by atoms with Crippen LogP contribution < -0.4 is 4.74 Å².